The molecule has 12 heavy (non-hydrogen) atoms. The van der Waals surface area contributed by atoms with E-state index in [0.29, 0.717) is 12.0 Å². The van der Waals surface area contributed by atoms with E-state index in [4.69, 9.17) is 0 Å². The van der Waals surface area contributed by atoms with E-state index in [0.717, 1.165) is 15.6 Å². The van der Waals surface area contributed by atoms with Crippen LogP contribution in [0.3, 0.4) is 0 Å². The molecule has 1 aliphatic carbocycles. The van der Waals surface area contributed by atoms with E-state index in [1.54, 1.807) is 0 Å². The van der Waals surface area contributed by atoms with Crippen LogP contribution < -0.4 is 0 Å². The third-order valence-corrected chi connectivity index (χ3v) is 2.53. The minimum absolute atomic E-state index is 0.0892. The number of Topliss-reactive ketones (excluding diaryl/α,β-unsaturated/α-hetero) is 1. The Labute approximate surface area is 79.2 Å². The van der Waals surface area contributed by atoms with Gasteiger partial charge in [0.05, 0.1) is 0 Å². The number of carbonyl (C=O) groups excluding carboxylic acids is 1. The molecule has 0 atom stereocenters. The van der Waals surface area contributed by atoms with Crippen molar-refractivity contribution >= 4 is 21.7 Å². The Kier molecular flexibility index (Phi) is 1.65. The van der Waals surface area contributed by atoms with Gasteiger partial charge in [0.25, 0.3) is 0 Å². The van der Waals surface area contributed by atoms with Crippen LogP contribution in [0, 0.1) is 0 Å². The lowest BCUT2D eigenvalue weighted by Gasteiger charge is -1.95. The molecule has 2 rings (SSSR count). The van der Waals surface area contributed by atoms with Crippen molar-refractivity contribution < 1.29 is 4.79 Å². The Morgan fingerprint density at radius 1 is 1.42 bits per heavy atom. The average molecular weight is 223 g/mol. The highest BCUT2D eigenvalue weighted by Crippen LogP contribution is 2.27. The summed E-state index contributed by atoms with van der Waals surface area (Å²) in [6.07, 6.45) is 0.710. The molecule has 0 saturated carbocycles. The Morgan fingerprint density at radius 3 is 2.92 bits per heavy atom. The van der Waals surface area contributed by atoms with Crippen molar-refractivity contribution in [3.8, 4) is 0 Å². The Balaban J connectivity index is 2.63. The monoisotopic (exact) mass is 222 g/mol. The van der Waals surface area contributed by atoms with Crippen molar-refractivity contribution in [2.24, 2.45) is 0 Å². The molecule has 1 aromatic rings. The number of halogens is 1. The van der Waals surface area contributed by atoms with Gasteiger partial charge in [-0.15, -0.1) is 0 Å². The summed E-state index contributed by atoms with van der Waals surface area (Å²) in [5.41, 5.74) is 2.59. The van der Waals surface area contributed by atoms with Crippen LogP contribution in [0.1, 0.15) is 15.9 Å². The Hall–Kier alpha value is -0.890. The van der Waals surface area contributed by atoms with Gasteiger partial charge < -0.3 is 0 Å². The largest absolute Gasteiger partial charge is 0.289 e. The smallest absolute Gasteiger partial charge is 0.189 e. The third kappa shape index (κ3) is 1.03. The first-order chi connectivity index (χ1) is 5.68. The molecular weight excluding hydrogens is 216 g/mol. The zero-order valence-electron chi connectivity index (χ0n) is 6.43. The minimum atomic E-state index is 0.0892. The average Bonchev–Trinajstić information content (AvgIpc) is 2.31. The van der Waals surface area contributed by atoms with Gasteiger partial charge in [-0.25, -0.2) is 0 Å². The summed E-state index contributed by atoms with van der Waals surface area (Å²) in [7, 11) is 0. The summed E-state index contributed by atoms with van der Waals surface area (Å²) in [5, 5.41) is 0. The molecule has 1 nitrogen and oxygen atoms in total. The van der Waals surface area contributed by atoms with Gasteiger partial charge in [0.1, 0.15) is 0 Å². The molecule has 0 radical (unpaired) electrons. The second-order valence-electron chi connectivity index (χ2n) is 2.91. The molecule has 60 valence electrons. The minimum Gasteiger partial charge on any atom is -0.289 e. The van der Waals surface area contributed by atoms with Gasteiger partial charge in [0.15, 0.2) is 5.78 Å². The van der Waals surface area contributed by atoms with E-state index in [-0.39, 0.29) is 5.78 Å². The van der Waals surface area contributed by atoms with E-state index < -0.39 is 0 Å². The highest BCUT2D eigenvalue weighted by Gasteiger charge is 2.22. The fourth-order valence-electron chi connectivity index (χ4n) is 1.41. The van der Waals surface area contributed by atoms with Gasteiger partial charge in [-0.1, -0.05) is 28.6 Å². The molecule has 0 fully saturated rings. The third-order valence-electron chi connectivity index (χ3n) is 2.04. The topological polar surface area (TPSA) is 17.1 Å². The first kappa shape index (κ1) is 7.74. The summed E-state index contributed by atoms with van der Waals surface area (Å²) < 4.78 is 0.948. The number of rotatable bonds is 0. The molecule has 0 N–H and O–H groups in total. The van der Waals surface area contributed by atoms with Crippen molar-refractivity contribution in [1.82, 2.24) is 0 Å². The number of allylic oxidation sites excluding steroid dienone is 1. The summed E-state index contributed by atoms with van der Waals surface area (Å²) in [5.74, 6) is 0.0892. The second kappa shape index (κ2) is 2.56. The van der Waals surface area contributed by atoms with Crippen LogP contribution in [0.25, 0.3) is 0 Å². The van der Waals surface area contributed by atoms with E-state index in [9.17, 15) is 4.79 Å². The predicted octanol–water partition coefficient (Wildman–Crippen LogP) is 2.74. The predicted molar refractivity (Wildman–Crippen MR) is 51.3 cm³/mol. The fourth-order valence-corrected chi connectivity index (χ4v) is 1.78. The summed E-state index contributed by atoms with van der Waals surface area (Å²) in [6.45, 7) is 3.71. The van der Waals surface area contributed by atoms with E-state index in [2.05, 4.69) is 22.5 Å². The lowest BCUT2D eigenvalue weighted by Crippen LogP contribution is -1.92. The molecule has 0 saturated heterocycles. The maximum atomic E-state index is 11.4. The summed E-state index contributed by atoms with van der Waals surface area (Å²) in [6, 6.07) is 5.77. The lowest BCUT2D eigenvalue weighted by atomic mass is 10.1. The quantitative estimate of drug-likeness (QED) is 0.618. The van der Waals surface area contributed by atoms with Crippen molar-refractivity contribution in [2.75, 3.05) is 0 Å². The molecule has 0 aromatic heterocycles. The molecule has 0 spiro atoms. The van der Waals surface area contributed by atoms with Crippen molar-refractivity contribution in [2.45, 2.75) is 6.42 Å². The first-order valence-corrected chi connectivity index (χ1v) is 4.48. The van der Waals surface area contributed by atoms with Gasteiger partial charge in [0, 0.05) is 16.5 Å². The van der Waals surface area contributed by atoms with Gasteiger partial charge in [-0.2, -0.15) is 0 Å². The highest BCUT2D eigenvalue weighted by atomic mass is 79.9. The van der Waals surface area contributed by atoms with Crippen molar-refractivity contribution in [3.63, 3.8) is 0 Å². The van der Waals surface area contributed by atoms with Crippen LogP contribution in [0.5, 0.6) is 0 Å². The number of carbonyl (C=O) groups is 1. The van der Waals surface area contributed by atoms with Crippen LogP contribution in [0.15, 0.2) is 34.8 Å². The van der Waals surface area contributed by atoms with Crippen LogP contribution in [0.2, 0.25) is 0 Å². The van der Waals surface area contributed by atoms with Gasteiger partial charge in [-0.3, -0.25) is 4.79 Å². The number of benzene rings is 1. The fraction of sp³-hybridized carbons (Fsp3) is 0.100. The molecule has 0 heterocycles. The van der Waals surface area contributed by atoms with Crippen LogP contribution in [-0.2, 0) is 6.42 Å². The van der Waals surface area contributed by atoms with E-state index in [1.165, 1.54) is 0 Å². The first-order valence-electron chi connectivity index (χ1n) is 3.69. The molecule has 0 aliphatic heterocycles. The number of hydrogen-bond donors (Lipinski definition) is 0. The SMILES string of the molecule is C=C1Cc2ccc(Br)cc2C1=O. The van der Waals surface area contributed by atoms with E-state index in [1.807, 2.05) is 18.2 Å². The summed E-state index contributed by atoms with van der Waals surface area (Å²) in [4.78, 5) is 11.4. The molecular formula is C10H7BrO. The normalized spacial score (nSPS) is 15.1. The number of hydrogen-bond acceptors (Lipinski definition) is 1. The summed E-state index contributed by atoms with van der Waals surface area (Å²) >= 11 is 3.33. The Bertz CT molecular complexity index is 379. The zero-order chi connectivity index (χ0) is 8.72. The van der Waals surface area contributed by atoms with Gasteiger partial charge in [-0.05, 0) is 23.3 Å². The van der Waals surface area contributed by atoms with Crippen LogP contribution >= 0.6 is 15.9 Å². The molecule has 0 amide bonds. The maximum absolute atomic E-state index is 11.4. The van der Waals surface area contributed by atoms with Crippen LogP contribution in [0.4, 0.5) is 0 Å². The lowest BCUT2D eigenvalue weighted by molar-refractivity contribution is 0.104. The standard InChI is InChI=1S/C10H7BrO/c1-6-4-7-2-3-8(11)5-9(7)10(6)12/h2-3,5H,1,4H2. The van der Waals surface area contributed by atoms with Gasteiger partial charge >= 0.3 is 0 Å². The number of fused-ring (bicyclic) bond motifs is 1. The highest BCUT2D eigenvalue weighted by molar-refractivity contribution is 9.10. The molecule has 2 heteroatoms. The molecule has 0 bridgehead atoms. The molecule has 1 aliphatic rings. The Morgan fingerprint density at radius 2 is 2.17 bits per heavy atom. The second-order valence-corrected chi connectivity index (χ2v) is 3.83. The van der Waals surface area contributed by atoms with Crippen molar-refractivity contribution in [1.29, 1.82) is 0 Å². The van der Waals surface area contributed by atoms with Crippen molar-refractivity contribution in [3.05, 3.63) is 46.0 Å². The van der Waals surface area contributed by atoms with Gasteiger partial charge in [0.2, 0.25) is 0 Å². The number of ketones is 1. The zero-order valence-corrected chi connectivity index (χ0v) is 8.02. The van der Waals surface area contributed by atoms with Crippen LogP contribution in [-0.4, -0.2) is 5.78 Å². The molecule has 1 aromatic carbocycles. The van der Waals surface area contributed by atoms with E-state index >= 15 is 0 Å². The molecule has 0 unspecified atom stereocenters. The maximum Gasteiger partial charge on any atom is 0.189 e.